The van der Waals surface area contributed by atoms with Crippen LogP contribution < -0.4 is 19.1 Å². The first-order valence-electron chi connectivity index (χ1n) is 9.67. The van der Waals surface area contributed by atoms with Gasteiger partial charge in [-0.15, -0.1) is 0 Å². The third kappa shape index (κ3) is 5.16. The van der Waals surface area contributed by atoms with Crippen LogP contribution in [0.4, 0.5) is 15.8 Å². The Labute approximate surface area is 199 Å². The molecule has 11 heteroatoms. The van der Waals surface area contributed by atoms with Crippen LogP contribution in [0, 0.1) is 5.82 Å². The van der Waals surface area contributed by atoms with Crippen LogP contribution >= 0.6 is 23.2 Å². The van der Waals surface area contributed by atoms with E-state index < -0.39 is 28.3 Å². The SMILES string of the molecule is O=C(CN(c1cccc(F)c1)S(=O)(=O)c1ccc2c(c1)OCCO2)Nc1cc(Cl)ccc1Cl. The molecule has 0 atom stereocenters. The number of hydrogen-bond donors (Lipinski definition) is 1. The van der Waals surface area contributed by atoms with Crippen molar-refractivity contribution in [2.75, 3.05) is 29.4 Å². The standard InChI is InChI=1S/C22H17Cl2FN2O5S/c23-14-4-6-18(24)19(10-14)26-22(28)13-27(16-3-1-2-15(25)11-16)33(29,30)17-5-7-20-21(12-17)32-9-8-31-20/h1-7,10-12H,8-9,13H2,(H,26,28). The first-order valence-corrected chi connectivity index (χ1v) is 11.9. The highest BCUT2D eigenvalue weighted by Gasteiger charge is 2.29. The summed E-state index contributed by atoms with van der Waals surface area (Å²) in [4.78, 5) is 12.6. The molecule has 1 heterocycles. The van der Waals surface area contributed by atoms with Crippen LogP contribution in [-0.2, 0) is 14.8 Å². The van der Waals surface area contributed by atoms with Gasteiger partial charge in [0.15, 0.2) is 11.5 Å². The van der Waals surface area contributed by atoms with Crippen molar-refractivity contribution in [1.82, 2.24) is 0 Å². The highest BCUT2D eigenvalue weighted by atomic mass is 35.5. The molecule has 1 aliphatic rings. The molecular weight excluding hydrogens is 494 g/mol. The fourth-order valence-electron chi connectivity index (χ4n) is 3.17. The van der Waals surface area contributed by atoms with Crippen LogP contribution in [0.5, 0.6) is 11.5 Å². The predicted molar refractivity (Wildman–Crippen MR) is 123 cm³/mol. The Morgan fingerprint density at radius 1 is 1.00 bits per heavy atom. The van der Waals surface area contributed by atoms with Crippen LogP contribution in [0.3, 0.4) is 0 Å². The Balaban J connectivity index is 1.69. The quantitative estimate of drug-likeness (QED) is 0.517. The number of carbonyl (C=O) groups excluding carboxylic acids is 1. The van der Waals surface area contributed by atoms with E-state index in [9.17, 15) is 17.6 Å². The molecule has 4 rings (SSSR count). The van der Waals surface area contributed by atoms with Crippen molar-refractivity contribution in [3.63, 3.8) is 0 Å². The van der Waals surface area contributed by atoms with E-state index in [0.29, 0.717) is 17.4 Å². The van der Waals surface area contributed by atoms with Gasteiger partial charge in [0, 0.05) is 11.1 Å². The molecule has 0 saturated carbocycles. The smallest absolute Gasteiger partial charge is 0.264 e. The van der Waals surface area contributed by atoms with Gasteiger partial charge in [-0.1, -0.05) is 29.3 Å². The Morgan fingerprint density at radius 2 is 1.76 bits per heavy atom. The fourth-order valence-corrected chi connectivity index (χ4v) is 4.94. The van der Waals surface area contributed by atoms with E-state index in [4.69, 9.17) is 32.7 Å². The Morgan fingerprint density at radius 3 is 2.52 bits per heavy atom. The molecule has 0 saturated heterocycles. The minimum absolute atomic E-state index is 0.0303. The lowest BCUT2D eigenvalue weighted by Crippen LogP contribution is -2.38. The van der Waals surface area contributed by atoms with Gasteiger partial charge in [0.1, 0.15) is 25.6 Å². The molecule has 7 nitrogen and oxygen atoms in total. The number of nitrogens with zero attached hydrogens (tertiary/aromatic N) is 1. The summed E-state index contributed by atoms with van der Waals surface area (Å²) >= 11 is 12.0. The van der Waals surface area contributed by atoms with Gasteiger partial charge in [-0.2, -0.15) is 0 Å². The highest BCUT2D eigenvalue weighted by molar-refractivity contribution is 7.92. The van der Waals surface area contributed by atoms with Crippen molar-refractivity contribution in [1.29, 1.82) is 0 Å². The topological polar surface area (TPSA) is 84.9 Å². The summed E-state index contributed by atoms with van der Waals surface area (Å²) in [5.41, 5.74) is 0.183. The molecule has 172 valence electrons. The maximum Gasteiger partial charge on any atom is 0.264 e. The molecule has 0 bridgehead atoms. The summed E-state index contributed by atoms with van der Waals surface area (Å²) in [6, 6.07) is 13.5. The van der Waals surface area contributed by atoms with Crippen LogP contribution in [0.2, 0.25) is 10.0 Å². The molecule has 0 aromatic heterocycles. The second-order valence-corrected chi connectivity index (χ2v) is 9.68. The normalized spacial score (nSPS) is 12.8. The van der Waals surface area contributed by atoms with Gasteiger partial charge >= 0.3 is 0 Å². The maximum atomic E-state index is 13.9. The molecule has 0 aliphatic carbocycles. The fraction of sp³-hybridized carbons (Fsp3) is 0.136. The van der Waals surface area contributed by atoms with Gasteiger partial charge in [-0.25, -0.2) is 12.8 Å². The van der Waals surface area contributed by atoms with Gasteiger partial charge in [0.2, 0.25) is 5.91 Å². The highest BCUT2D eigenvalue weighted by Crippen LogP contribution is 2.34. The van der Waals surface area contributed by atoms with Gasteiger partial charge in [0.05, 0.1) is 21.3 Å². The number of halogens is 3. The van der Waals surface area contributed by atoms with Gasteiger partial charge in [-0.3, -0.25) is 9.10 Å². The zero-order valence-corrected chi connectivity index (χ0v) is 19.3. The lowest BCUT2D eigenvalue weighted by Gasteiger charge is -2.25. The molecule has 1 amide bonds. The number of carbonyl (C=O) groups is 1. The lowest BCUT2D eigenvalue weighted by atomic mass is 10.3. The van der Waals surface area contributed by atoms with E-state index in [1.807, 2.05) is 0 Å². The van der Waals surface area contributed by atoms with E-state index in [0.717, 1.165) is 10.4 Å². The zero-order valence-electron chi connectivity index (χ0n) is 16.9. The van der Waals surface area contributed by atoms with Crippen molar-refractivity contribution in [3.05, 3.63) is 76.5 Å². The summed E-state index contributed by atoms with van der Waals surface area (Å²) in [6.45, 7) is -0.0310. The molecule has 1 aliphatic heterocycles. The first-order chi connectivity index (χ1) is 15.7. The molecule has 0 spiro atoms. The van der Waals surface area contributed by atoms with E-state index in [1.165, 1.54) is 48.5 Å². The zero-order chi connectivity index (χ0) is 23.6. The molecule has 1 N–H and O–H groups in total. The van der Waals surface area contributed by atoms with Crippen LogP contribution in [0.25, 0.3) is 0 Å². The molecule has 0 fully saturated rings. The molecular formula is C22H17Cl2FN2O5S. The number of rotatable bonds is 6. The number of fused-ring (bicyclic) bond motifs is 1. The van der Waals surface area contributed by atoms with E-state index in [1.54, 1.807) is 6.07 Å². The minimum atomic E-state index is -4.30. The number of amides is 1. The molecule has 0 radical (unpaired) electrons. The van der Waals surface area contributed by atoms with E-state index in [2.05, 4.69) is 5.32 Å². The van der Waals surface area contributed by atoms with Crippen LogP contribution in [-0.4, -0.2) is 34.1 Å². The largest absolute Gasteiger partial charge is 0.486 e. The van der Waals surface area contributed by atoms with Crippen LogP contribution in [0.15, 0.2) is 65.6 Å². The first kappa shape index (κ1) is 23.2. The second-order valence-electron chi connectivity index (χ2n) is 6.97. The van der Waals surface area contributed by atoms with E-state index in [-0.39, 0.29) is 33.6 Å². The van der Waals surface area contributed by atoms with Crippen molar-refractivity contribution >= 4 is 50.5 Å². The summed E-state index contributed by atoms with van der Waals surface area (Å²) in [6.07, 6.45) is 0. The molecule has 33 heavy (non-hydrogen) atoms. The lowest BCUT2D eigenvalue weighted by molar-refractivity contribution is -0.114. The van der Waals surface area contributed by atoms with Crippen LogP contribution in [0.1, 0.15) is 0 Å². The number of hydrogen-bond acceptors (Lipinski definition) is 5. The minimum Gasteiger partial charge on any atom is -0.486 e. The van der Waals surface area contributed by atoms with Crippen molar-refractivity contribution in [2.24, 2.45) is 0 Å². The third-order valence-electron chi connectivity index (χ3n) is 4.69. The monoisotopic (exact) mass is 510 g/mol. The average Bonchev–Trinajstić information content (AvgIpc) is 2.79. The van der Waals surface area contributed by atoms with Gasteiger partial charge in [-0.05, 0) is 48.5 Å². The Hall–Kier alpha value is -3.01. The predicted octanol–water partition coefficient (Wildman–Crippen LogP) is 4.74. The maximum absolute atomic E-state index is 13.9. The Bertz CT molecular complexity index is 1320. The van der Waals surface area contributed by atoms with Crippen molar-refractivity contribution < 1.29 is 27.1 Å². The van der Waals surface area contributed by atoms with Gasteiger partial charge in [0.25, 0.3) is 10.0 Å². The Kier molecular flexibility index (Phi) is 6.64. The summed E-state index contributed by atoms with van der Waals surface area (Å²) in [5.74, 6) is -0.694. The van der Waals surface area contributed by atoms with Crippen molar-refractivity contribution in [3.8, 4) is 11.5 Å². The molecule has 0 unspecified atom stereocenters. The number of anilines is 2. The summed E-state index contributed by atoms with van der Waals surface area (Å²) < 4.78 is 52.7. The van der Waals surface area contributed by atoms with Gasteiger partial charge < -0.3 is 14.8 Å². The number of benzene rings is 3. The third-order valence-corrected chi connectivity index (χ3v) is 7.02. The summed E-state index contributed by atoms with van der Waals surface area (Å²) in [7, 11) is -4.30. The number of sulfonamides is 1. The molecule has 3 aromatic rings. The average molecular weight is 511 g/mol. The number of nitrogens with one attached hydrogen (secondary N) is 1. The van der Waals surface area contributed by atoms with Crippen molar-refractivity contribution in [2.45, 2.75) is 4.90 Å². The number of ether oxygens (including phenoxy) is 2. The van der Waals surface area contributed by atoms with E-state index >= 15 is 0 Å². The second kappa shape index (κ2) is 9.46. The summed E-state index contributed by atoms with van der Waals surface area (Å²) in [5, 5.41) is 3.10. The molecule has 3 aromatic carbocycles.